The third-order valence-electron chi connectivity index (χ3n) is 5.70. The van der Waals surface area contributed by atoms with Crippen molar-refractivity contribution >= 4 is 21.8 Å². The molecule has 6 nitrogen and oxygen atoms in total. The molecule has 186 valence electrons. The van der Waals surface area contributed by atoms with E-state index in [0.29, 0.717) is 17.5 Å². The molecule has 34 heavy (non-hydrogen) atoms. The Balaban J connectivity index is 0.000000225. The molecule has 2 aromatic heterocycles. The van der Waals surface area contributed by atoms with Crippen molar-refractivity contribution in [1.82, 2.24) is 19.8 Å². The molecule has 4 rings (SSSR count). The number of hydrogen-bond acceptors (Lipinski definition) is 4. The Kier molecular flexibility index (Phi) is 10.5. The molecule has 2 heterocycles. The molecule has 0 saturated carbocycles. The summed E-state index contributed by atoms with van der Waals surface area (Å²) < 4.78 is 4.21. The number of aromatic hydroxyl groups is 2. The number of nitrogens with zero attached hydrogens (tertiary/aromatic N) is 2. The summed E-state index contributed by atoms with van der Waals surface area (Å²) in [6.45, 7) is 10.2. The summed E-state index contributed by atoms with van der Waals surface area (Å²) in [5, 5.41) is 27.9. The van der Waals surface area contributed by atoms with E-state index in [2.05, 4.69) is 46.0 Å². The van der Waals surface area contributed by atoms with Crippen LogP contribution in [0.4, 0.5) is 0 Å². The van der Waals surface area contributed by atoms with Gasteiger partial charge in [-0.25, -0.2) is 0 Å². The molecule has 0 fully saturated rings. The van der Waals surface area contributed by atoms with E-state index >= 15 is 0 Å². The van der Waals surface area contributed by atoms with E-state index < -0.39 is 0 Å². The monoisotopic (exact) mass is 466 g/mol. The Morgan fingerprint density at radius 2 is 1.21 bits per heavy atom. The minimum Gasteiger partial charge on any atom is -0.508 e. The molecule has 0 aliphatic carbocycles. The third-order valence-corrected chi connectivity index (χ3v) is 5.70. The SMILES string of the molecule is CC.CC(C)NCCc1cn(C)c2ccc(O)cc12.CNCCc1cn(C)c2ccc(O)cc12. The topological polar surface area (TPSA) is 74.4 Å². The highest BCUT2D eigenvalue weighted by Gasteiger charge is 2.08. The van der Waals surface area contributed by atoms with Gasteiger partial charge >= 0.3 is 0 Å². The first-order valence-electron chi connectivity index (χ1n) is 12.2. The van der Waals surface area contributed by atoms with Crippen LogP contribution in [-0.2, 0) is 26.9 Å². The Morgan fingerprint density at radius 3 is 1.62 bits per heavy atom. The van der Waals surface area contributed by atoms with Gasteiger partial charge in [0.1, 0.15) is 11.5 Å². The Bertz CT molecular complexity index is 1170. The fourth-order valence-electron chi connectivity index (χ4n) is 4.08. The second-order valence-corrected chi connectivity index (χ2v) is 8.65. The van der Waals surface area contributed by atoms with Crippen LogP contribution in [-0.4, -0.2) is 45.5 Å². The van der Waals surface area contributed by atoms with E-state index in [0.717, 1.165) is 36.7 Å². The largest absolute Gasteiger partial charge is 0.508 e. The highest BCUT2D eigenvalue weighted by atomic mass is 16.3. The van der Waals surface area contributed by atoms with Crippen molar-refractivity contribution in [3.05, 3.63) is 59.9 Å². The van der Waals surface area contributed by atoms with E-state index in [1.165, 1.54) is 22.2 Å². The van der Waals surface area contributed by atoms with Crippen LogP contribution in [0.25, 0.3) is 21.8 Å². The summed E-state index contributed by atoms with van der Waals surface area (Å²) in [7, 11) is 6.02. The molecule has 0 radical (unpaired) electrons. The number of fused-ring (bicyclic) bond motifs is 2. The number of aromatic nitrogens is 2. The molecule has 0 bridgehead atoms. The zero-order valence-electron chi connectivity index (χ0n) is 21.8. The average molecular weight is 467 g/mol. The van der Waals surface area contributed by atoms with E-state index in [9.17, 15) is 10.2 Å². The van der Waals surface area contributed by atoms with Gasteiger partial charge in [-0.3, -0.25) is 0 Å². The van der Waals surface area contributed by atoms with Crippen molar-refractivity contribution < 1.29 is 10.2 Å². The van der Waals surface area contributed by atoms with Gasteiger partial charge in [0.25, 0.3) is 0 Å². The fourth-order valence-corrected chi connectivity index (χ4v) is 4.08. The van der Waals surface area contributed by atoms with Gasteiger partial charge in [-0.05, 0) is 80.5 Å². The van der Waals surface area contributed by atoms with Crippen molar-refractivity contribution in [2.45, 2.75) is 46.6 Å². The zero-order chi connectivity index (χ0) is 25.3. The first-order valence-corrected chi connectivity index (χ1v) is 12.2. The number of hydrogen-bond donors (Lipinski definition) is 4. The van der Waals surface area contributed by atoms with Crippen molar-refractivity contribution in [3.8, 4) is 11.5 Å². The molecule has 4 N–H and O–H groups in total. The smallest absolute Gasteiger partial charge is 0.116 e. The second kappa shape index (κ2) is 13.1. The Morgan fingerprint density at radius 1 is 0.765 bits per heavy atom. The Labute approximate surface area is 204 Å². The van der Waals surface area contributed by atoms with Gasteiger partial charge in [0.15, 0.2) is 0 Å². The molecule has 0 saturated heterocycles. The van der Waals surface area contributed by atoms with Crippen molar-refractivity contribution in [2.75, 3.05) is 20.1 Å². The van der Waals surface area contributed by atoms with Crippen LogP contribution >= 0.6 is 0 Å². The summed E-state index contributed by atoms with van der Waals surface area (Å²) in [5.41, 5.74) is 4.89. The number of rotatable bonds is 7. The van der Waals surface area contributed by atoms with Gasteiger partial charge in [0, 0.05) is 54.3 Å². The minimum absolute atomic E-state index is 0.333. The van der Waals surface area contributed by atoms with Gasteiger partial charge < -0.3 is 30.0 Å². The van der Waals surface area contributed by atoms with Crippen LogP contribution in [0.15, 0.2) is 48.8 Å². The van der Waals surface area contributed by atoms with Crippen molar-refractivity contribution in [2.24, 2.45) is 14.1 Å². The highest BCUT2D eigenvalue weighted by Crippen LogP contribution is 2.26. The first kappa shape index (κ1) is 27.3. The second-order valence-electron chi connectivity index (χ2n) is 8.65. The maximum atomic E-state index is 9.55. The lowest BCUT2D eigenvalue weighted by molar-refractivity contribution is 0.475. The molecule has 0 amide bonds. The summed E-state index contributed by atoms with van der Waals surface area (Å²) >= 11 is 0. The van der Waals surface area contributed by atoms with Crippen LogP contribution < -0.4 is 10.6 Å². The van der Waals surface area contributed by atoms with Crippen molar-refractivity contribution in [1.29, 1.82) is 0 Å². The Hall–Kier alpha value is -2.96. The van der Waals surface area contributed by atoms with Crippen LogP contribution in [0.5, 0.6) is 11.5 Å². The molecule has 4 aromatic rings. The number of aryl methyl sites for hydroxylation is 2. The maximum absolute atomic E-state index is 9.55. The van der Waals surface area contributed by atoms with Crippen LogP contribution in [0.2, 0.25) is 0 Å². The molecule has 2 aromatic carbocycles. The summed E-state index contributed by atoms with van der Waals surface area (Å²) in [5.74, 6) is 0.668. The number of phenols is 2. The summed E-state index contributed by atoms with van der Waals surface area (Å²) in [4.78, 5) is 0. The molecule has 0 aliphatic rings. The van der Waals surface area contributed by atoms with E-state index in [4.69, 9.17) is 0 Å². The molecular weight excluding hydrogens is 424 g/mol. The van der Waals surface area contributed by atoms with E-state index in [-0.39, 0.29) is 0 Å². The molecule has 6 heteroatoms. The number of likely N-dealkylation sites (N-methyl/N-ethyl adjacent to an activating group) is 1. The minimum atomic E-state index is 0.333. The quantitative estimate of drug-likeness (QED) is 0.306. The normalized spacial score (nSPS) is 10.8. The van der Waals surface area contributed by atoms with Gasteiger partial charge in [-0.15, -0.1) is 0 Å². The predicted molar refractivity (Wildman–Crippen MR) is 145 cm³/mol. The standard InChI is InChI=1S/C14H20N2O.C12H16N2O.C2H6/c1-10(2)15-7-6-11-9-16(3)14-5-4-12(17)8-13(11)14;1-13-6-5-9-8-14(2)12-4-3-10(15)7-11(9)12;1-2/h4-5,8-10,15,17H,6-7H2,1-3H3;3-4,7-8,13,15H,5-6H2,1-2H3;1-2H3. The molecule has 0 unspecified atom stereocenters. The highest BCUT2D eigenvalue weighted by molar-refractivity contribution is 5.86. The van der Waals surface area contributed by atoms with Crippen LogP contribution in [0.1, 0.15) is 38.8 Å². The van der Waals surface area contributed by atoms with Gasteiger partial charge in [-0.1, -0.05) is 27.7 Å². The fraction of sp³-hybridized carbons (Fsp3) is 0.429. The van der Waals surface area contributed by atoms with E-state index in [1.54, 1.807) is 12.1 Å². The number of phenolic OH excluding ortho intramolecular Hbond substituents is 2. The molecule has 0 spiro atoms. The summed E-state index contributed by atoms with van der Waals surface area (Å²) in [6.07, 6.45) is 6.24. The lowest BCUT2D eigenvalue weighted by Crippen LogP contribution is -2.24. The van der Waals surface area contributed by atoms with Crippen molar-refractivity contribution in [3.63, 3.8) is 0 Å². The summed E-state index contributed by atoms with van der Waals surface area (Å²) in [6, 6.07) is 11.6. The van der Waals surface area contributed by atoms with Gasteiger partial charge in [-0.2, -0.15) is 0 Å². The first-order chi connectivity index (χ1) is 16.3. The molecule has 0 atom stereocenters. The number of nitrogens with one attached hydrogen (secondary N) is 2. The lowest BCUT2D eigenvalue weighted by atomic mass is 10.1. The average Bonchev–Trinajstić information content (AvgIpc) is 3.29. The zero-order valence-corrected chi connectivity index (χ0v) is 21.8. The predicted octanol–water partition coefficient (Wildman–Crippen LogP) is 5.10. The van der Waals surface area contributed by atoms with Gasteiger partial charge in [0.2, 0.25) is 0 Å². The lowest BCUT2D eigenvalue weighted by Gasteiger charge is -2.06. The van der Waals surface area contributed by atoms with Gasteiger partial charge in [0.05, 0.1) is 0 Å². The molecule has 0 aliphatic heterocycles. The third kappa shape index (κ3) is 7.02. The number of benzene rings is 2. The van der Waals surface area contributed by atoms with E-state index in [1.807, 2.05) is 59.3 Å². The van der Waals surface area contributed by atoms with Crippen LogP contribution in [0.3, 0.4) is 0 Å². The van der Waals surface area contributed by atoms with Crippen LogP contribution in [0, 0.1) is 0 Å². The molecular formula is C28H42N4O2. The maximum Gasteiger partial charge on any atom is 0.116 e.